The lowest BCUT2D eigenvalue weighted by Gasteiger charge is -2.22. The van der Waals surface area contributed by atoms with Crippen molar-refractivity contribution in [3.8, 4) is 0 Å². The van der Waals surface area contributed by atoms with E-state index in [-0.39, 0.29) is 10.7 Å². The number of carbonyl (C=O) groups excluding carboxylic acids is 1. The molecule has 1 N–H and O–H groups in total. The molecule has 1 aromatic heterocycles. The van der Waals surface area contributed by atoms with Crippen LogP contribution < -0.4 is 9.62 Å². The number of hydrogen-bond donors (Lipinski definition) is 1. The number of hydrogen-bond acceptors (Lipinski definition) is 7. The van der Waals surface area contributed by atoms with E-state index in [0.29, 0.717) is 10.2 Å². The van der Waals surface area contributed by atoms with Crippen molar-refractivity contribution in [2.75, 3.05) is 28.2 Å². The minimum absolute atomic E-state index is 0.128. The molecule has 0 fully saturated rings. The van der Waals surface area contributed by atoms with Gasteiger partial charge in [0.05, 0.1) is 17.0 Å². The second kappa shape index (κ2) is 8.54. The number of aromatic nitrogens is 2. The highest BCUT2D eigenvalue weighted by Gasteiger charge is 2.23. The number of thioether (sulfide) groups is 1. The molecule has 0 atom stereocenters. The van der Waals surface area contributed by atoms with Crippen LogP contribution in [0, 0.1) is 0 Å². The lowest BCUT2D eigenvalue weighted by atomic mass is 10.3. The van der Waals surface area contributed by atoms with Crippen molar-refractivity contribution in [2.45, 2.75) is 11.3 Å². The van der Waals surface area contributed by atoms with Gasteiger partial charge in [0.1, 0.15) is 6.54 Å². The summed E-state index contributed by atoms with van der Waals surface area (Å²) in [4.78, 5) is 12.2. The first-order valence-corrected chi connectivity index (χ1v) is 11.3. The predicted molar refractivity (Wildman–Crippen MR) is 104 cm³/mol. The van der Waals surface area contributed by atoms with Gasteiger partial charge in [0.15, 0.2) is 4.34 Å². The van der Waals surface area contributed by atoms with Gasteiger partial charge in [-0.25, -0.2) is 8.42 Å². The summed E-state index contributed by atoms with van der Waals surface area (Å²) < 4.78 is 25.8. The summed E-state index contributed by atoms with van der Waals surface area (Å²) >= 11 is 14.6. The van der Waals surface area contributed by atoms with E-state index in [4.69, 9.17) is 23.2 Å². The fourth-order valence-electron chi connectivity index (χ4n) is 1.80. The Bertz CT molecular complexity index is 873. The van der Waals surface area contributed by atoms with Crippen LogP contribution in [0.25, 0.3) is 0 Å². The Morgan fingerprint density at radius 3 is 2.68 bits per heavy atom. The van der Waals surface area contributed by atoms with Gasteiger partial charge in [0, 0.05) is 5.02 Å². The highest BCUT2D eigenvalue weighted by molar-refractivity contribution is 8.01. The summed E-state index contributed by atoms with van der Waals surface area (Å²) in [5.74, 6) is 0.278. The van der Waals surface area contributed by atoms with E-state index >= 15 is 0 Å². The third-order valence-electron chi connectivity index (χ3n) is 2.79. The molecule has 7 nitrogen and oxygen atoms in total. The third-order valence-corrected chi connectivity index (χ3v) is 6.31. The minimum atomic E-state index is -3.74. The summed E-state index contributed by atoms with van der Waals surface area (Å²) in [5.41, 5.74) is 0.170. The largest absolute Gasteiger partial charge is 0.299 e. The lowest BCUT2D eigenvalue weighted by Crippen LogP contribution is -2.37. The fourth-order valence-corrected chi connectivity index (χ4v) is 4.89. The summed E-state index contributed by atoms with van der Waals surface area (Å²) in [5, 5.41) is 11.1. The second-order valence-electron chi connectivity index (χ2n) is 4.72. The molecule has 136 valence electrons. The van der Waals surface area contributed by atoms with Crippen molar-refractivity contribution >= 4 is 73.0 Å². The van der Waals surface area contributed by atoms with E-state index in [9.17, 15) is 13.2 Å². The van der Waals surface area contributed by atoms with E-state index in [2.05, 4.69) is 15.5 Å². The average molecular weight is 441 g/mol. The number of carbonyl (C=O) groups is 1. The Balaban J connectivity index is 2.18. The Morgan fingerprint density at radius 1 is 1.36 bits per heavy atom. The Morgan fingerprint density at radius 2 is 2.08 bits per heavy atom. The van der Waals surface area contributed by atoms with Gasteiger partial charge in [0.25, 0.3) is 0 Å². The maximum Gasteiger partial charge on any atom is 0.246 e. The van der Waals surface area contributed by atoms with Crippen molar-refractivity contribution in [3.05, 3.63) is 28.2 Å². The van der Waals surface area contributed by atoms with Gasteiger partial charge in [0.2, 0.25) is 21.1 Å². The molecule has 0 radical (unpaired) electrons. The molecule has 2 aromatic rings. The molecule has 1 amide bonds. The van der Waals surface area contributed by atoms with Crippen LogP contribution in [-0.2, 0) is 14.8 Å². The third kappa shape index (κ3) is 5.71. The molecule has 1 heterocycles. The molecular formula is C13H14Cl2N4O3S3. The first-order valence-electron chi connectivity index (χ1n) is 6.89. The average Bonchev–Trinajstić information content (AvgIpc) is 2.92. The van der Waals surface area contributed by atoms with Crippen molar-refractivity contribution in [1.82, 2.24) is 10.2 Å². The molecule has 1 aromatic carbocycles. The monoisotopic (exact) mass is 440 g/mol. The number of halogens is 2. The first-order chi connectivity index (χ1) is 11.7. The topological polar surface area (TPSA) is 92.3 Å². The lowest BCUT2D eigenvalue weighted by molar-refractivity contribution is -0.114. The van der Waals surface area contributed by atoms with Crippen molar-refractivity contribution in [1.29, 1.82) is 0 Å². The number of nitrogens with zero attached hydrogens (tertiary/aromatic N) is 3. The molecular weight excluding hydrogens is 427 g/mol. The molecule has 25 heavy (non-hydrogen) atoms. The zero-order chi connectivity index (χ0) is 18.6. The van der Waals surface area contributed by atoms with Gasteiger partial charge < -0.3 is 0 Å². The summed E-state index contributed by atoms with van der Waals surface area (Å²) in [6.45, 7) is 1.53. The highest BCUT2D eigenvalue weighted by Crippen LogP contribution is 2.30. The van der Waals surface area contributed by atoms with E-state index in [1.165, 1.54) is 41.3 Å². The molecule has 2 rings (SSSR count). The Labute approximate surface area is 163 Å². The standard InChI is InChI=1S/C13H14Cl2N4O3S3/c1-3-23-13-18-17-12(24-13)16-11(20)7-19(25(2,21)22)10-5-4-8(14)6-9(10)15/h4-6H,3,7H2,1-2H3,(H,16,17,20). The molecule has 0 saturated carbocycles. The van der Waals surface area contributed by atoms with Crippen LogP contribution in [-0.4, -0.2) is 43.1 Å². The molecule has 0 bridgehead atoms. The van der Waals surface area contributed by atoms with Crippen LogP contribution in [0.2, 0.25) is 10.0 Å². The first kappa shape index (κ1) is 20.2. The second-order valence-corrected chi connectivity index (χ2v) is 9.96. The summed E-state index contributed by atoms with van der Waals surface area (Å²) in [6, 6.07) is 4.35. The normalized spacial score (nSPS) is 11.4. The zero-order valence-corrected chi connectivity index (χ0v) is 17.2. The molecule has 0 unspecified atom stereocenters. The fraction of sp³-hybridized carbons (Fsp3) is 0.308. The molecule has 12 heteroatoms. The summed E-state index contributed by atoms with van der Waals surface area (Å²) in [7, 11) is -3.74. The van der Waals surface area contributed by atoms with E-state index in [0.717, 1.165) is 20.7 Å². The Kier molecular flexibility index (Phi) is 6.92. The smallest absolute Gasteiger partial charge is 0.246 e. The number of benzene rings is 1. The molecule has 0 spiro atoms. The van der Waals surface area contributed by atoms with Gasteiger partial charge in [-0.1, -0.05) is 53.2 Å². The number of sulfonamides is 1. The molecule has 0 aliphatic rings. The van der Waals surface area contributed by atoms with Gasteiger partial charge in [-0.2, -0.15) is 0 Å². The quantitative estimate of drug-likeness (QED) is 0.523. The molecule has 0 aliphatic heterocycles. The van der Waals surface area contributed by atoms with Crippen LogP contribution in [0.1, 0.15) is 6.92 Å². The van der Waals surface area contributed by atoms with E-state index < -0.39 is 22.5 Å². The predicted octanol–water partition coefficient (Wildman–Crippen LogP) is 3.36. The summed E-state index contributed by atoms with van der Waals surface area (Å²) in [6.07, 6.45) is 0.992. The van der Waals surface area contributed by atoms with Crippen LogP contribution >= 0.6 is 46.3 Å². The van der Waals surface area contributed by atoms with Crippen LogP contribution in [0.3, 0.4) is 0 Å². The number of amides is 1. The van der Waals surface area contributed by atoms with Crippen LogP contribution in [0.15, 0.2) is 22.5 Å². The number of rotatable bonds is 7. The molecule has 0 aliphatic carbocycles. The van der Waals surface area contributed by atoms with Crippen molar-refractivity contribution in [3.63, 3.8) is 0 Å². The maximum atomic E-state index is 12.2. The van der Waals surface area contributed by atoms with Crippen LogP contribution in [0.4, 0.5) is 10.8 Å². The molecule has 0 saturated heterocycles. The Hall–Kier alpha value is -1.07. The van der Waals surface area contributed by atoms with Gasteiger partial charge in [-0.05, 0) is 24.0 Å². The number of anilines is 2. The maximum absolute atomic E-state index is 12.2. The van der Waals surface area contributed by atoms with Gasteiger partial charge in [-0.3, -0.25) is 14.4 Å². The minimum Gasteiger partial charge on any atom is -0.299 e. The number of nitrogens with one attached hydrogen (secondary N) is 1. The van der Waals surface area contributed by atoms with Crippen molar-refractivity contribution in [2.24, 2.45) is 0 Å². The van der Waals surface area contributed by atoms with E-state index in [1.54, 1.807) is 0 Å². The highest BCUT2D eigenvalue weighted by atomic mass is 35.5. The van der Waals surface area contributed by atoms with Crippen molar-refractivity contribution < 1.29 is 13.2 Å². The van der Waals surface area contributed by atoms with Gasteiger partial charge in [-0.15, -0.1) is 10.2 Å². The SMILES string of the molecule is CCSc1nnc(NC(=O)CN(c2ccc(Cl)cc2Cl)S(C)(=O)=O)s1. The zero-order valence-electron chi connectivity index (χ0n) is 13.2. The van der Waals surface area contributed by atoms with E-state index in [1.807, 2.05) is 6.92 Å². The van der Waals surface area contributed by atoms with Crippen LogP contribution in [0.5, 0.6) is 0 Å². The van der Waals surface area contributed by atoms with Gasteiger partial charge >= 0.3 is 0 Å².